The highest BCUT2D eigenvalue weighted by atomic mass is 16.5. The van der Waals surface area contributed by atoms with Gasteiger partial charge in [0.15, 0.2) is 0 Å². The molecule has 1 unspecified atom stereocenters. The summed E-state index contributed by atoms with van der Waals surface area (Å²) in [5.74, 6) is -1.68. The number of amides is 3. The number of likely N-dealkylation sites (tertiary alicyclic amines) is 1. The summed E-state index contributed by atoms with van der Waals surface area (Å²) in [6.45, 7) is 10.2. The lowest BCUT2D eigenvalue weighted by Crippen LogP contribution is -2.58. The molecule has 2 fully saturated rings. The Balaban J connectivity index is 1.73. The maximum Gasteiger partial charge on any atom is 0.249 e. The minimum absolute atomic E-state index is 0.0570. The van der Waals surface area contributed by atoms with E-state index in [0.29, 0.717) is 26.2 Å². The zero-order valence-electron chi connectivity index (χ0n) is 21.6. The first-order valence-electron chi connectivity index (χ1n) is 13.2. The van der Waals surface area contributed by atoms with Crippen LogP contribution in [0.15, 0.2) is 24.3 Å². The van der Waals surface area contributed by atoms with Gasteiger partial charge in [-0.15, -0.1) is 0 Å². The molecule has 0 saturated carbocycles. The number of rotatable bonds is 8. The van der Waals surface area contributed by atoms with Crippen molar-refractivity contribution in [2.75, 3.05) is 32.8 Å². The summed E-state index contributed by atoms with van der Waals surface area (Å²) in [5.41, 5.74) is -1.57. The molecule has 0 bridgehead atoms. The molecule has 0 aromatic heterocycles. The molecule has 0 aromatic carbocycles. The fourth-order valence-corrected chi connectivity index (χ4v) is 6.25. The van der Waals surface area contributed by atoms with Crippen LogP contribution >= 0.6 is 0 Å². The molecule has 35 heavy (non-hydrogen) atoms. The van der Waals surface area contributed by atoms with Crippen LogP contribution in [0.5, 0.6) is 0 Å². The van der Waals surface area contributed by atoms with Gasteiger partial charge < -0.3 is 24.5 Å². The van der Waals surface area contributed by atoms with Gasteiger partial charge in [0.25, 0.3) is 0 Å². The van der Waals surface area contributed by atoms with E-state index in [2.05, 4.69) is 0 Å². The predicted molar refractivity (Wildman–Crippen MR) is 132 cm³/mol. The largest absolute Gasteiger partial charge is 0.396 e. The number of nitrogens with zero attached hydrogens (tertiary/aromatic N) is 3. The Hall–Kier alpha value is -2.19. The Morgan fingerprint density at radius 1 is 1.00 bits per heavy atom. The van der Waals surface area contributed by atoms with Crippen LogP contribution in [0.25, 0.3) is 0 Å². The Bertz CT molecular complexity index is 894. The lowest BCUT2D eigenvalue weighted by Gasteiger charge is -2.40. The molecule has 0 aliphatic carbocycles. The first-order chi connectivity index (χ1) is 16.7. The van der Waals surface area contributed by atoms with Crippen LogP contribution in [0.1, 0.15) is 59.8 Å². The first-order valence-corrected chi connectivity index (χ1v) is 13.2. The van der Waals surface area contributed by atoms with Gasteiger partial charge in [-0.25, -0.2) is 0 Å². The number of fused-ring (bicyclic) bond motifs is 2. The topological polar surface area (TPSA) is 90.4 Å². The fraction of sp³-hybridized carbons (Fsp3) is 0.741. The van der Waals surface area contributed by atoms with Gasteiger partial charge in [0.1, 0.15) is 11.6 Å². The van der Waals surface area contributed by atoms with Gasteiger partial charge in [-0.05, 0) is 40.0 Å². The van der Waals surface area contributed by atoms with Crippen molar-refractivity contribution in [2.24, 2.45) is 11.8 Å². The van der Waals surface area contributed by atoms with Gasteiger partial charge in [-0.3, -0.25) is 14.4 Å². The van der Waals surface area contributed by atoms with Gasteiger partial charge >= 0.3 is 0 Å². The number of unbranched alkanes of at least 4 members (excludes halogenated alkanes) is 3. The third-order valence-electron chi connectivity index (χ3n) is 7.85. The number of carbonyl (C=O) groups excluding carboxylic acids is 3. The van der Waals surface area contributed by atoms with E-state index >= 15 is 0 Å². The van der Waals surface area contributed by atoms with Crippen LogP contribution in [0.4, 0.5) is 0 Å². The van der Waals surface area contributed by atoms with E-state index in [1.165, 1.54) is 0 Å². The Kier molecular flexibility index (Phi) is 7.44. The standard InChI is InChI=1S/C27H41N3O5/c1-5-14-28-15-10-12-19-20(23(28)32)21-24(33)29(16-8-6-7-9-18-31)22-25(34)30(26(2,3)4)17-11-13-27(21,22)35-19/h10-13,19-22,31H,5-9,14-18H2,1-4H3/t19-,20+,21-,22?,27-/m0/s1. The molecule has 5 atom stereocenters. The van der Waals surface area contributed by atoms with E-state index in [1.54, 1.807) is 4.90 Å². The van der Waals surface area contributed by atoms with E-state index in [0.717, 1.165) is 32.1 Å². The van der Waals surface area contributed by atoms with Gasteiger partial charge in [-0.2, -0.15) is 0 Å². The summed E-state index contributed by atoms with van der Waals surface area (Å²) in [7, 11) is 0. The third-order valence-corrected chi connectivity index (χ3v) is 7.85. The van der Waals surface area contributed by atoms with Gasteiger partial charge in [-0.1, -0.05) is 44.1 Å². The molecular formula is C27H41N3O5. The number of aliphatic hydroxyl groups excluding tert-OH is 1. The highest BCUT2D eigenvalue weighted by molar-refractivity contribution is 6.00. The third kappa shape index (κ3) is 4.44. The molecule has 1 spiro atoms. The van der Waals surface area contributed by atoms with Crippen molar-refractivity contribution in [3.8, 4) is 0 Å². The van der Waals surface area contributed by atoms with Gasteiger partial charge in [0.05, 0.1) is 17.9 Å². The van der Waals surface area contributed by atoms with Gasteiger partial charge in [0, 0.05) is 38.3 Å². The highest BCUT2D eigenvalue weighted by Crippen LogP contribution is 2.53. The summed E-state index contributed by atoms with van der Waals surface area (Å²) < 4.78 is 6.65. The van der Waals surface area contributed by atoms with Crippen molar-refractivity contribution in [3.63, 3.8) is 0 Å². The number of hydrogen-bond donors (Lipinski definition) is 1. The van der Waals surface area contributed by atoms with Gasteiger partial charge in [0.2, 0.25) is 17.7 Å². The van der Waals surface area contributed by atoms with Crippen LogP contribution in [0.3, 0.4) is 0 Å². The maximum absolute atomic E-state index is 14.1. The monoisotopic (exact) mass is 487 g/mol. The Morgan fingerprint density at radius 2 is 1.74 bits per heavy atom. The van der Waals surface area contributed by atoms with E-state index in [1.807, 2.05) is 61.8 Å². The number of aliphatic hydroxyl groups is 1. The molecule has 4 heterocycles. The molecule has 0 aromatic rings. The molecular weight excluding hydrogens is 446 g/mol. The fourth-order valence-electron chi connectivity index (χ4n) is 6.25. The maximum atomic E-state index is 14.1. The Labute approximate surface area is 208 Å². The minimum Gasteiger partial charge on any atom is -0.396 e. The van der Waals surface area contributed by atoms with Crippen molar-refractivity contribution in [3.05, 3.63) is 24.3 Å². The molecule has 0 radical (unpaired) electrons. The Morgan fingerprint density at radius 3 is 2.43 bits per heavy atom. The van der Waals surface area contributed by atoms with Crippen LogP contribution in [0.2, 0.25) is 0 Å². The van der Waals surface area contributed by atoms with E-state index in [-0.39, 0.29) is 24.3 Å². The lowest BCUT2D eigenvalue weighted by atomic mass is 9.77. The lowest BCUT2D eigenvalue weighted by molar-refractivity contribution is -0.151. The second-order valence-electron chi connectivity index (χ2n) is 11.2. The average Bonchev–Trinajstić information content (AvgIpc) is 3.10. The average molecular weight is 488 g/mol. The molecule has 3 amide bonds. The number of carbonyl (C=O) groups is 3. The second-order valence-corrected chi connectivity index (χ2v) is 11.2. The zero-order valence-corrected chi connectivity index (χ0v) is 21.6. The quantitative estimate of drug-likeness (QED) is 0.418. The summed E-state index contributed by atoms with van der Waals surface area (Å²) in [5, 5.41) is 9.09. The first kappa shape index (κ1) is 25.9. The SMILES string of the molecule is CCCN1CC=C[C@@H]2O[C@]34C=CCN(C(C)(C)C)C(=O)C3N(CCCCCCO)C(=O)[C@@H]4[C@@H]2C1=O. The summed E-state index contributed by atoms with van der Waals surface area (Å²) in [4.78, 5) is 47.2. The molecule has 194 valence electrons. The molecule has 4 aliphatic rings. The normalized spacial score (nSPS) is 32.6. The molecule has 8 nitrogen and oxygen atoms in total. The van der Waals surface area contributed by atoms with E-state index in [9.17, 15) is 14.4 Å². The van der Waals surface area contributed by atoms with E-state index in [4.69, 9.17) is 9.84 Å². The summed E-state index contributed by atoms with van der Waals surface area (Å²) in [6.07, 6.45) is 11.2. The second kappa shape index (κ2) is 10.1. The van der Waals surface area contributed by atoms with Crippen LogP contribution < -0.4 is 0 Å². The van der Waals surface area contributed by atoms with Crippen LogP contribution in [0, 0.1) is 11.8 Å². The van der Waals surface area contributed by atoms with Crippen molar-refractivity contribution in [1.82, 2.24) is 14.7 Å². The predicted octanol–water partition coefficient (Wildman–Crippen LogP) is 2.13. The minimum atomic E-state index is -1.15. The number of hydrogen-bond acceptors (Lipinski definition) is 5. The van der Waals surface area contributed by atoms with Crippen molar-refractivity contribution < 1.29 is 24.2 Å². The van der Waals surface area contributed by atoms with Crippen LogP contribution in [-0.2, 0) is 19.1 Å². The van der Waals surface area contributed by atoms with E-state index < -0.39 is 35.1 Å². The summed E-state index contributed by atoms with van der Waals surface area (Å²) >= 11 is 0. The highest BCUT2D eigenvalue weighted by Gasteiger charge is 2.71. The molecule has 2 saturated heterocycles. The molecule has 4 aliphatic heterocycles. The molecule has 4 rings (SSSR count). The zero-order chi connectivity index (χ0) is 25.4. The smallest absolute Gasteiger partial charge is 0.249 e. The number of ether oxygens (including phenoxy) is 1. The molecule has 8 heteroatoms. The summed E-state index contributed by atoms with van der Waals surface area (Å²) in [6, 6.07) is -0.788. The van der Waals surface area contributed by atoms with Crippen molar-refractivity contribution in [2.45, 2.75) is 83.1 Å². The van der Waals surface area contributed by atoms with Crippen molar-refractivity contribution >= 4 is 17.7 Å². The molecule has 1 N–H and O–H groups in total. The van der Waals surface area contributed by atoms with Crippen LogP contribution in [-0.4, -0.2) is 93.6 Å². The van der Waals surface area contributed by atoms with Crippen molar-refractivity contribution in [1.29, 1.82) is 0 Å².